The molecular weight excluding hydrogens is 296 g/mol. The lowest BCUT2D eigenvalue weighted by Gasteiger charge is -2.25. The van der Waals surface area contributed by atoms with Gasteiger partial charge < -0.3 is 9.57 Å². The molecular formula is C13H17BrN2O2. The van der Waals surface area contributed by atoms with Crippen LogP contribution < -0.4 is 0 Å². The third-order valence-electron chi connectivity index (χ3n) is 2.75. The monoisotopic (exact) mass is 312 g/mol. The molecule has 1 aromatic carbocycles. The molecule has 98 valence electrons. The summed E-state index contributed by atoms with van der Waals surface area (Å²) in [5.41, 5.74) is 1.03. The lowest BCUT2D eigenvalue weighted by Crippen LogP contribution is -2.38. The number of oxime groups is 1. The predicted octanol–water partition coefficient (Wildman–Crippen LogP) is 2.13. The van der Waals surface area contributed by atoms with E-state index >= 15 is 0 Å². The van der Waals surface area contributed by atoms with Crippen LogP contribution in [0.2, 0.25) is 0 Å². The van der Waals surface area contributed by atoms with E-state index in [1.165, 1.54) is 0 Å². The summed E-state index contributed by atoms with van der Waals surface area (Å²) in [6.45, 7) is 5.14. The summed E-state index contributed by atoms with van der Waals surface area (Å²) in [5, 5.41) is 3.96. The van der Waals surface area contributed by atoms with Gasteiger partial charge >= 0.3 is 0 Å². The number of nitrogens with zero attached hydrogens (tertiary/aromatic N) is 2. The molecule has 1 aliphatic rings. The summed E-state index contributed by atoms with van der Waals surface area (Å²) in [7, 11) is 0. The largest absolute Gasteiger partial charge is 0.394 e. The molecule has 0 saturated carbocycles. The maximum absolute atomic E-state index is 5.28. The summed E-state index contributed by atoms with van der Waals surface area (Å²) in [6.07, 6.45) is 1.73. The van der Waals surface area contributed by atoms with E-state index in [0.717, 1.165) is 42.9 Å². The number of hydrogen-bond donors (Lipinski definition) is 0. The minimum atomic E-state index is 0.618. The predicted molar refractivity (Wildman–Crippen MR) is 74.9 cm³/mol. The van der Waals surface area contributed by atoms with Gasteiger partial charge in [0.2, 0.25) is 0 Å². The Morgan fingerprint density at radius 2 is 2.00 bits per heavy atom. The Kier molecular flexibility index (Phi) is 5.64. The van der Waals surface area contributed by atoms with Crippen LogP contribution in [-0.4, -0.2) is 50.6 Å². The number of halogens is 1. The molecule has 0 radical (unpaired) electrons. The van der Waals surface area contributed by atoms with Gasteiger partial charge in [0.15, 0.2) is 0 Å². The Labute approximate surface area is 116 Å². The molecule has 1 fully saturated rings. The Balaban J connectivity index is 1.63. The van der Waals surface area contributed by atoms with Crippen LogP contribution in [0.3, 0.4) is 0 Å². The van der Waals surface area contributed by atoms with Crippen molar-refractivity contribution < 1.29 is 9.57 Å². The molecule has 4 nitrogen and oxygen atoms in total. The highest BCUT2D eigenvalue weighted by Gasteiger charge is 2.09. The molecule has 1 saturated heterocycles. The SMILES string of the molecule is Brc1ccc(/C=N/OCCN2CCOCC2)cc1. The van der Waals surface area contributed by atoms with E-state index in [9.17, 15) is 0 Å². The van der Waals surface area contributed by atoms with Gasteiger partial charge in [-0.2, -0.15) is 0 Å². The smallest absolute Gasteiger partial charge is 0.129 e. The van der Waals surface area contributed by atoms with Gasteiger partial charge in [-0.1, -0.05) is 33.2 Å². The van der Waals surface area contributed by atoms with Crippen molar-refractivity contribution in [2.45, 2.75) is 0 Å². The first-order valence-electron chi connectivity index (χ1n) is 6.05. The van der Waals surface area contributed by atoms with Crippen molar-refractivity contribution in [3.8, 4) is 0 Å². The minimum Gasteiger partial charge on any atom is -0.394 e. The third kappa shape index (κ3) is 4.76. The van der Waals surface area contributed by atoms with Crippen molar-refractivity contribution in [2.75, 3.05) is 39.5 Å². The third-order valence-corrected chi connectivity index (χ3v) is 3.28. The fourth-order valence-electron chi connectivity index (χ4n) is 1.69. The fourth-order valence-corrected chi connectivity index (χ4v) is 1.96. The van der Waals surface area contributed by atoms with Crippen molar-refractivity contribution in [1.29, 1.82) is 0 Å². The number of rotatable bonds is 5. The van der Waals surface area contributed by atoms with Crippen molar-refractivity contribution in [3.63, 3.8) is 0 Å². The molecule has 0 atom stereocenters. The molecule has 0 aliphatic carbocycles. The van der Waals surface area contributed by atoms with Crippen LogP contribution in [0.4, 0.5) is 0 Å². The fraction of sp³-hybridized carbons (Fsp3) is 0.462. The molecule has 0 spiro atoms. The zero-order valence-electron chi connectivity index (χ0n) is 10.2. The van der Waals surface area contributed by atoms with Crippen molar-refractivity contribution in [3.05, 3.63) is 34.3 Å². The van der Waals surface area contributed by atoms with Gasteiger partial charge in [0.25, 0.3) is 0 Å². The maximum Gasteiger partial charge on any atom is 0.129 e. The number of ether oxygens (including phenoxy) is 1. The van der Waals surface area contributed by atoms with E-state index in [4.69, 9.17) is 9.57 Å². The second-order valence-electron chi connectivity index (χ2n) is 4.07. The average Bonchev–Trinajstić information content (AvgIpc) is 2.42. The molecule has 1 aromatic rings. The van der Waals surface area contributed by atoms with Gasteiger partial charge in [-0.15, -0.1) is 0 Å². The molecule has 1 heterocycles. The molecule has 2 rings (SSSR count). The number of morpholine rings is 1. The summed E-state index contributed by atoms with van der Waals surface area (Å²) in [6, 6.07) is 7.93. The van der Waals surface area contributed by atoms with E-state index in [0.29, 0.717) is 6.61 Å². The van der Waals surface area contributed by atoms with Crippen LogP contribution in [-0.2, 0) is 9.57 Å². The van der Waals surface area contributed by atoms with Crippen LogP contribution in [0.1, 0.15) is 5.56 Å². The molecule has 1 aliphatic heterocycles. The first kappa shape index (κ1) is 13.5. The van der Waals surface area contributed by atoms with Crippen molar-refractivity contribution in [1.82, 2.24) is 4.90 Å². The van der Waals surface area contributed by atoms with Gasteiger partial charge in [-0.25, -0.2) is 0 Å². The first-order valence-corrected chi connectivity index (χ1v) is 6.85. The Morgan fingerprint density at radius 3 is 2.72 bits per heavy atom. The first-order chi connectivity index (χ1) is 8.84. The topological polar surface area (TPSA) is 34.1 Å². The molecule has 18 heavy (non-hydrogen) atoms. The summed E-state index contributed by atoms with van der Waals surface area (Å²) >= 11 is 3.39. The van der Waals surface area contributed by atoms with E-state index in [1.807, 2.05) is 24.3 Å². The zero-order chi connectivity index (χ0) is 12.6. The number of benzene rings is 1. The van der Waals surface area contributed by atoms with Crippen molar-refractivity contribution >= 4 is 22.1 Å². The molecule has 0 amide bonds. The summed E-state index contributed by atoms with van der Waals surface area (Å²) in [4.78, 5) is 7.56. The molecule has 5 heteroatoms. The van der Waals surface area contributed by atoms with Gasteiger partial charge in [-0.3, -0.25) is 4.90 Å². The number of hydrogen-bond acceptors (Lipinski definition) is 4. The van der Waals surface area contributed by atoms with Gasteiger partial charge in [-0.05, 0) is 17.7 Å². The van der Waals surface area contributed by atoms with E-state index in [2.05, 4.69) is 26.0 Å². The highest BCUT2D eigenvalue weighted by atomic mass is 79.9. The molecule has 0 bridgehead atoms. The maximum atomic E-state index is 5.28. The van der Waals surface area contributed by atoms with Crippen LogP contribution >= 0.6 is 15.9 Å². The Bertz CT molecular complexity index is 375. The van der Waals surface area contributed by atoms with E-state index < -0.39 is 0 Å². The van der Waals surface area contributed by atoms with Crippen LogP contribution in [0.25, 0.3) is 0 Å². The van der Waals surface area contributed by atoms with Gasteiger partial charge in [0.05, 0.1) is 19.4 Å². The second kappa shape index (κ2) is 7.51. The summed E-state index contributed by atoms with van der Waals surface area (Å²) in [5.74, 6) is 0. The molecule has 0 N–H and O–H groups in total. The highest BCUT2D eigenvalue weighted by molar-refractivity contribution is 9.10. The standard InChI is InChI=1S/C13H17BrN2O2/c14-13-3-1-12(2-4-13)11-15-18-10-7-16-5-8-17-9-6-16/h1-4,11H,5-10H2/b15-11+. The van der Waals surface area contributed by atoms with E-state index in [-0.39, 0.29) is 0 Å². The zero-order valence-corrected chi connectivity index (χ0v) is 11.8. The molecule has 0 aromatic heterocycles. The summed E-state index contributed by atoms with van der Waals surface area (Å²) < 4.78 is 6.34. The van der Waals surface area contributed by atoms with E-state index in [1.54, 1.807) is 6.21 Å². The Hall–Kier alpha value is -0.910. The second-order valence-corrected chi connectivity index (χ2v) is 4.99. The lowest BCUT2D eigenvalue weighted by atomic mass is 10.2. The van der Waals surface area contributed by atoms with Crippen LogP contribution in [0.5, 0.6) is 0 Å². The normalized spacial score (nSPS) is 17.2. The van der Waals surface area contributed by atoms with Crippen LogP contribution in [0, 0.1) is 0 Å². The Morgan fingerprint density at radius 1 is 1.28 bits per heavy atom. The quantitative estimate of drug-likeness (QED) is 0.474. The molecule has 0 unspecified atom stereocenters. The average molecular weight is 313 g/mol. The minimum absolute atomic E-state index is 0.618. The van der Waals surface area contributed by atoms with Crippen molar-refractivity contribution in [2.24, 2.45) is 5.16 Å². The van der Waals surface area contributed by atoms with Gasteiger partial charge in [0, 0.05) is 24.1 Å². The van der Waals surface area contributed by atoms with Crippen LogP contribution in [0.15, 0.2) is 33.9 Å². The lowest BCUT2D eigenvalue weighted by molar-refractivity contribution is 0.0214. The van der Waals surface area contributed by atoms with Gasteiger partial charge in [0.1, 0.15) is 6.61 Å². The highest BCUT2D eigenvalue weighted by Crippen LogP contribution is 2.09.